The van der Waals surface area contributed by atoms with Crippen LogP contribution in [0.4, 0.5) is 34.6 Å². The van der Waals surface area contributed by atoms with Gasteiger partial charge in [0.2, 0.25) is 0 Å². The Morgan fingerprint density at radius 2 is 1.65 bits per heavy atom. The van der Waals surface area contributed by atoms with Gasteiger partial charge in [-0.1, -0.05) is 0 Å². The van der Waals surface area contributed by atoms with Gasteiger partial charge in [-0.3, -0.25) is 0 Å². The molecule has 0 bridgehead atoms. The molecule has 2 aromatic carbocycles. The van der Waals surface area contributed by atoms with Crippen molar-refractivity contribution in [2.24, 2.45) is 0 Å². The molecular weight excluding hydrogens is 272 g/mol. The molecule has 0 saturated heterocycles. The molecule has 0 unspecified atom stereocenters. The van der Waals surface area contributed by atoms with E-state index < -0.39 is 17.6 Å². The van der Waals surface area contributed by atoms with Crippen molar-refractivity contribution in [1.82, 2.24) is 0 Å². The van der Waals surface area contributed by atoms with E-state index in [1.807, 2.05) is 0 Å². The summed E-state index contributed by atoms with van der Waals surface area (Å²) in [6, 6.07) is 7.30. The minimum absolute atomic E-state index is 0.0266. The number of nitrogen functional groups attached to an aromatic ring is 1. The van der Waals surface area contributed by atoms with E-state index in [1.165, 1.54) is 30.3 Å². The topological polar surface area (TPSA) is 38.0 Å². The molecule has 3 N–H and O–H groups in total. The van der Waals surface area contributed by atoms with Gasteiger partial charge in [0.1, 0.15) is 5.82 Å². The van der Waals surface area contributed by atoms with Crippen molar-refractivity contribution < 1.29 is 17.6 Å². The van der Waals surface area contributed by atoms with Crippen LogP contribution in [0.3, 0.4) is 0 Å². The lowest BCUT2D eigenvalue weighted by atomic mass is 10.1. The van der Waals surface area contributed by atoms with Crippen molar-refractivity contribution in [3.8, 4) is 0 Å². The van der Waals surface area contributed by atoms with Crippen molar-refractivity contribution in [2.45, 2.75) is 13.1 Å². The fraction of sp³-hybridized carbons (Fsp3) is 0.143. The SMILES string of the molecule is Cc1cc(F)ccc1Nc1ccc(N)cc1C(F)(F)F. The second-order valence-corrected chi connectivity index (χ2v) is 4.39. The first-order chi connectivity index (χ1) is 9.27. The summed E-state index contributed by atoms with van der Waals surface area (Å²) in [5, 5.41) is 2.66. The average molecular weight is 284 g/mol. The molecule has 2 nitrogen and oxygen atoms in total. The van der Waals surface area contributed by atoms with Gasteiger partial charge >= 0.3 is 6.18 Å². The molecule has 0 atom stereocenters. The zero-order valence-corrected chi connectivity index (χ0v) is 10.6. The highest BCUT2D eigenvalue weighted by molar-refractivity contribution is 5.68. The van der Waals surface area contributed by atoms with Gasteiger partial charge in [0.25, 0.3) is 0 Å². The smallest absolute Gasteiger partial charge is 0.399 e. The van der Waals surface area contributed by atoms with E-state index in [0.717, 1.165) is 6.07 Å². The van der Waals surface area contributed by atoms with Crippen LogP contribution in [-0.2, 0) is 6.18 Å². The van der Waals surface area contributed by atoms with E-state index >= 15 is 0 Å². The van der Waals surface area contributed by atoms with E-state index in [4.69, 9.17) is 5.73 Å². The van der Waals surface area contributed by atoms with Crippen LogP contribution in [0.5, 0.6) is 0 Å². The minimum atomic E-state index is -4.52. The van der Waals surface area contributed by atoms with Crippen LogP contribution < -0.4 is 11.1 Å². The van der Waals surface area contributed by atoms with Gasteiger partial charge < -0.3 is 11.1 Å². The number of alkyl halides is 3. The zero-order chi connectivity index (χ0) is 14.9. The Balaban J connectivity index is 2.43. The molecule has 0 fully saturated rings. The Morgan fingerprint density at radius 3 is 2.25 bits per heavy atom. The molecule has 0 aliphatic carbocycles. The summed E-state index contributed by atoms with van der Waals surface area (Å²) in [4.78, 5) is 0. The third-order valence-electron chi connectivity index (χ3n) is 2.81. The first-order valence-electron chi connectivity index (χ1n) is 5.77. The number of nitrogens with two attached hydrogens (primary N) is 1. The summed E-state index contributed by atoms with van der Waals surface area (Å²) in [5.74, 6) is -0.443. The first kappa shape index (κ1) is 14.2. The molecule has 0 heterocycles. The van der Waals surface area contributed by atoms with Crippen LogP contribution in [0, 0.1) is 12.7 Å². The summed E-state index contributed by atoms with van der Waals surface area (Å²) < 4.78 is 51.8. The van der Waals surface area contributed by atoms with Crippen LogP contribution in [-0.4, -0.2) is 0 Å². The molecule has 20 heavy (non-hydrogen) atoms. The molecule has 2 aromatic rings. The summed E-state index contributed by atoms with van der Waals surface area (Å²) in [6.45, 7) is 1.61. The summed E-state index contributed by atoms with van der Waals surface area (Å²) in [5.41, 5.74) is 5.35. The second-order valence-electron chi connectivity index (χ2n) is 4.39. The maximum Gasteiger partial charge on any atom is 0.418 e. The third-order valence-corrected chi connectivity index (χ3v) is 2.81. The van der Waals surface area contributed by atoms with Crippen LogP contribution in [0.15, 0.2) is 36.4 Å². The van der Waals surface area contributed by atoms with Crippen molar-refractivity contribution in [1.29, 1.82) is 0 Å². The lowest BCUT2D eigenvalue weighted by Gasteiger charge is -2.16. The summed E-state index contributed by atoms with van der Waals surface area (Å²) >= 11 is 0. The van der Waals surface area contributed by atoms with Gasteiger partial charge in [-0.2, -0.15) is 13.2 Å². The summed E-state index contributed by atoms with van der Waals surface area (Å²) in [6.07, 6.45) is -4.52. The molecule has 106 valence electrons. The highest BCUT2D eigenvalue weighted by Crippen LogP contribution is 2.37. The van der Waals surface area contributed by atoms with Gasteiger partial charge in [-0.15, -0.1) is 0 Å². The maximum absolute atomic E-state index is 13.0. The fourth-order valence-corrected chi connectivity index (χ4v) is 1.82. The van der Waals surface area contributed by atoms with Gasteiger partial charge in [-0.25, -0.2) is 4.39 Å². The highest BCUT2D eigenvalue weighted by Gasteiger charge is 2.33. The molecule has 0 aliphatic rings. The molecule has 2 rings (SSSR count). The average Bonchev–Trinajstić information content (AvgIpc) is 2.33. The molecule has 0 spiro atoms. The number of halogens is 4. The third kappa shape index (κ3) is 3.01. The van der Waals surface area contributed by atoms with Crippen LogP contribution in [0.1, 0.15) is 11.1 Å². The van der Waals surface area contributed by atoms with Gasteiger partial charge in [0, 0.05) is 11.4 Å². The highest BCUT2D eigenvalue weighted by atomic mass is 19.4. The van der Waals surface area contributed by atoms with E-state index in [1.54, 1.807) is 6.92 Å². The molecular formula is C14H12F4N2. The number of hydrogen-bond acceptors (Lipinski definition) is 2. The zero-order valence-electron chi connectivity index (χ0n) is 10.6. The maximum atomic E-state index is 13.0. The predicted molar refractivity (Wildman–Crippen MR) is 70.3 cm³/mol. The van der Waals surface area contributed by atoms with Crippen molar-refractivity contribution in [3.05, 3.63) is 53.3 Å². The van der Waals surface area contributed by atoms with Crippen molar-refractivity contribution in [3.63, 3.8) is 0 Å². The quantitative estimate of drug-likeness (QED) is 0.630. The molecule has 0 aromatic heterocycles. The molecule has 0 aliphatic heterocycles. The number of benzene rings is 2. The molecule has 6 heteroatoms. The lowest BCUT2D eigenvalue weighted by Crippen LogP contribution is -2.10. The largest absolute Gasteiger partial charge is 0.418 e. The van der Waals surface area contributed by atoms with Crippen molar-refractivity contribution >= 4 is 17.1 Å². The minimum Gasteiger partial charge on any atom is -0.399 e. The Labute approximate surface area is 113 Å². The Kier molecular flexibility index (Phi) is 3.57. The Morgan fingerprint density at radius 1 is 1.00 bits per heavy atom. The second kappa shape index (κ2) is 5.03. The van der Waals surface area contributed by atoms with Gasteiger partial charge in [-0.05, 0) is 48.9 Å². The van der Waals surface area contributed by atoms with E-state index in [-0.39, 0.29) is 11.4 Å². The van der Waals surface area contributed by atoms with Crippen molar-refractivity contribution in [2.75, 3.05) is 11.1 Å². The van der Waals surface area contributed by atoms with E-state index in [0.29, 0.717) is 11.3 Å². The first-order valence-corrected chi connectivity index (χ1v) is 5.77. The molecule has 0 saturated carbocycles. The van der Waals surface area contributed by atoms with Gasteiger partial charge in [0.15, 0.2) is 0 Å². The Bertz CT molecular complexity index is 636. The van der Waals surface area contributed by atoms with E-state index in [9.17, 15) is 17.6 Å². The fourth-order valence-electron chi connectivity index (χ4n) is 1.82. The molecule has 0 radical (unpaired) electrons. The number of hydrogen-bond donors (Lipinski definition) is 2. The van der Waals surface area contributed by atoms with Crippen LogP contribution in [0.2, 0.25) is 0 Å². The van der Waals surface area contributed by atoms with Crippen LogP contribution >= 0.6 is 0 Å². The Hall–Kier alpha value is -2.24. The monoisotopic (exact) mass is 284 g/mol. The lowest BCUT2D eigenvalue weighted by molar-refractivity contribution is -0.136. The predicted octanol–water partition coefficient (Wildman–Crippen LogP) is 4.48. The normalized spacial score (nSPS) is 11.4. The number of nitrogens with one attached hydrogen (secondary N) is 1. The standard InChI is InChI=1S/C14H12F4N2/c1-8-6-9(15)2-4-12(8)20-13-5-3-10(19)7-11(13)14(16,17)18/h2-7,20H,19H2,1H3. The van der Waals surface area contributed by atoms with Gasteiger partial charge in [0.05, 0.1) is 11.3 Å². The van der Waals surface area contributed by atoms with E-state index in [2.05, 4.69) is 5.32 Å². The van der Waals surface area contributed by atoms with Crippen LogP contribution in [0.25, 0.3) is 0 Å². The number of aryl methyl sites for hydroxylation is 1. The summed E-state index contributed by atoms with van der Waals surface area (Å²) in [7, 11) is 0. The molecule has 0 amide bonds. The number of rotatable bonds is 2. The number of anilines is 3.